The first-order valence-corrected chi connectivity index (χ1v) is 21.4. The molecule has 2 fully saturated rings. The molecule has 16 nitrogen and oxygen atoms in total. The Hall–Kier alpha value is -6.52. The lowest BCUT2D eigenvalue weighted by molar-refractivity contribution is -0.169. The Morgan fingerprint density at radius 2 is 1.67 bits per heavy atom. The zero-order chi connectivity index (χ0) is 44.3. The van der Waals surface area contributed by atoms with Crippen LogP contribution in [0.15, 0.2) is 85.1 Å². The number of carbonyl (C=O) groups excluding carboxylic acids is 4. The normalized spacial score (nSPS) is 19.0. The molecule has 4 heterocycles. The second-order valence-corrected chi connectivity index (χ2v) is 16.7. The highest BCUT2D eigenvalue weighted by Gasteiger charge is 2.40. The third-order valence-electron chi connectivity index (χ3n) is 12.1. The molecule has 2 aromatic heterocycles. The first kappa shape index (κ1) is 43.1. The van der Waals surface area contributed by atoms with E-state index in [0.29, 0.717) is 32.0 Å². The van der Waals surface area contributed by atoms with Gasteiger partial charge in [0.25, 0.3) is 0 Å². The second kappa shape index (κ2) is 18.4. The molecule has 2 aliphatic heterocycles. The Morgan fingerprint density at radius 1 is 0.937 bits per heavy atom. The van der Waals surface area contributed by atoms with Gasteiger partial charge in [-0.25, -0.2) is 19.6 Å². The van der Waals surface area contributed by atoms with Gasteiger partial charge >= 0.3 is 12.2 Å². The number of benzene rings is 3. The molecule has 4 amide bonds. The van der Waals surface area contributed by atoms with Crippen LogP contribution in [0, 0.1) is 11.8 Å². The van der Waals surface area contributed by atoms with Crippen LogP contribution in [0.1, 0.15) is 57.7 Å². The van der Waals surface area contributed by atoms with Crippen molar-refractivity contribution in [2.75, 3.05) is 40.5 Å². The number of methoxy groups -OCH3 is 2. The van der Waals surface area contributed by atoms with E-state index in [1.807, 2.05) is 61.3 Å². The lowest BCUT2D eigenvalue weighted by Gasteiger charge is -2.35. The highest BCUT2D eigenvalue weighted by molar-refractivity contribution is 6.05. The Morgan fingerprint density at radius 3 is 2.38 bits per heavy atom. The van der Waals surface area contributed by atoms with Gasteiger partial charge in [-0.05, 0) is 66.3 Å². The molecule has 1 aliphatic carbocycles. The number of allylic oxidation sites excluding steroid dienone is 3. The van der Waals surface area contributed by atoms with Gasteiger partial charge in [0, 0.05) is 17.8 Å². The molecule has 16 heteroatoms. The zero-order valence-electron chi connectivity index (χ0n) is 36.2. The minimum atomic E-state index is -1.02. The van der Waals surface area contributed by atoms with Crippen LogP contribution in [-0.4, -0.2) is 112 Å². The second-order valence-electron chi connectivity index (χ2n) is 16.7. The van der Waals surface area contributed by atoms with E-state index in [2.05, 4.69) is 62.0 Å². The van der Waals surface area contributed by atoms with Gasteiger partial charge in [0.15, 0.2) is 5.79 Å². The van der Waals surface area contributed by atoms with E-state index in [1.54, 1.807) is 18.0 Å². The van der Waals surface area contributed by atoms with Crippen molar-refractivity contribution in [1.82, 2.24) is 40.4 Å². The molecule has 0 radical (unpaired) electrons. The predicted molar refractivity (Wildman–Crippen MR) is 236 cm³/mol. The van der Waals surface area contributed by atoms with Crippen LogP contribution < -0.4 is 10.6 Å². The number of imidazole rings is 2. The summed E-state index contributed by atoms with van der Waals surface area (Å²) in [6, 6.07) is 16.8. The van der Waals surface area contributed by atoms with Gasteiger partial charge in [-0.1, -0.05) is 80.6 Å². The summed E-state index contributed by atoms with van der Waals surface area (Å²) >= 11 is 0. The Labute approximate surface area is 365 Å². The lowest BCUT2D eigenvalue weighted by atomic mass is 9.91. The van der Waals surface area contributed by atoms with E-state index in [9.17, 15) is 19.2 Å². The standard InChI is InChI=1S/C47H54N8O8/c1-28(2)39(52-45(58)60-4)44(57)55-21-9-12-37(55)42-50-35-20-18-33-24-32(17-19-34(33)41(35)51-42)29-13-15-30(16-14-29)36-25-48-38(49-36)26-54(27-47(3)62-22-23-63-47)43(56)40(53-46(59)61-5)31-10-7-6-8-11-31/h6-8,10,13-20,24-25,28,31,37,39-40H,9,11-12,21-23,26-27H2,1-5H3,(H,48,49)(H,50,51)(H,52,58)(H,53,59)/t31?,37-,39-,40+/m0/s1. The lowest BCUT2D eigenvalue weighted by Crippen LogP contribution is -2.55. The summed E-state index contributed by atoms with van der Waals surface area (Å²) in [5, 5.41) is 7.53. The van der Waals surface area contributed by atoms with Gasteiger partial charge in [0.05, 0.1) is 69.5 Å². The third-order valence-corrected chi connectivity index (χ3v) is 12.1. The number of aromatic amines is 2. The van der Waals surface area contributed by atoms with Crippen molar-refractivity contribution in [2.45, 2.75) is 70.5 Å². The van der Waals surface area contributed by atoms with Crippen LogP contribution in [0.25, 0.3) is 44.2 Å². The van der Waals surface area contributed by atoms with Crippen LogP contribution in [0.2, 0.25) is 0 Å². The summed E-state index contributed by atoms with van der Waals surface area (Å²) in [5.41, 5.74) is 5.50. The zero-order valence-corrected chi connectivity index (χ0v) is 36.2. The van der Waals surface area contributed by atoms with Crippen molar-refractivity contribution >= 4 is 45.8 Å². The monoisotopic (exact) mass is 858 g/mol. The van der Waals surface area contributed by atoms with E-state index in [4.69, 9.17) is 23.9 Å². The Bertz CT molecular complexity index is 2540. The van der Waals surface area contributed by atoms with Crippen LogP contribution in [0.3, 0.4) is 0 Å². The first-order valence-electron chi connectivity index (χ1n) is 21.4. The van der Waals surface area contributed by atoms with Crippen molar-refractivity contribution in [1.29, 1.82) is 0 Å². The molecule has 330 valence electrons. The fraction of sp³-hybridized carbons (Fsp3) is 0.404. The topological polar surface area (TPSA) is 193 Å². The minimum absolute atomic E-state index is 0.121. The van der Waals surface area contributed by atoms with E-state index in [0.717, 1.165) is 62.9 Å². The van der Waals surface area contributed by atoms with Gasteiger partial charge in [0.1, 0.15) is 23.7 Å². The number of likely N-dealkylation sites (tertiary alicyclic amines) is 1. The van der Waals surface area contributed by atoms with Crippen molar-refractivity contribution < 1.29 is 38.1 Å². The van der Waals surface area contributed by atoms with Crippen molar-refractivity contribution in [2.24, 2.45) is 11.8 Å². The summed E-state index contributed by atoms with van der Waals surface area (Å²) in [4.78, 5) is 72.5. The van der Waals surface area contributed by atoms with Crippen molar-refractivity contribution in [3.05, 3.63) is 96.7 Å². The fourth-order valence-electron chi connectivity index (χ4n) is 8.76. The maximum Gasteiger partial charge on any atom is 0.407 e. The van der Waals surface area contributed by atoms with Crippen molar-refractivity contribution in [3.8, 4) is 22.4 Å². The first-order chi connectivity index (χ1) is 30.4. The molecule has 3 aliphatic rings. The fourth-order valence-corrected chi connectivity index (χ4v) is 8.76. The summed E-state index contributed by atoms with van der Waals surface area (Å²) in [6.07, 6.45) is 10.3. The molecule has 0 bridgehead atoms. The number of nitrogens with zero attached hydrogens (tertiary/aromatic N) is 4. The van der Waals surface area contributed by atoms with Crippen LogP contribution in [0.5, 0.6) is 0 Å². The largest absolute Gasteiger partial charge is 0.453 e. The Balaban J connectivity index is 0.986. The molecule has 1 unspecified atom stereocenters. The SMILES string of the molecule is COC(=O)N[C@H](C(=O)N1CCC[C@H]1c1nc2ccc3cc(-c4ccc(-c5cnc(CN(CC6(C)OCCO6)C(=O)[C@H](NC(=O)OC)C6C=CC=CC6)[nH]5)cc4)ccc3c2[nH]1)C(C)C. The average molecular weight is 859 g/mol. The molecule has 63 heavy (non-hydrogen) atoms. The van der Waals surface area contributed by atoms with Gasteiger partial charge in [0.2, 0.25) is 11.8 Å². The maximum atomic E-state index is 14.3. The smallest absolute Gasteiger partial charge is 0.407 e. The molecule has 3 aromatic carbocycles. The highest BCUT2D eigenvalue weighted by atomic mass is 16.7. The maximum absolute atomic E-state index is 14.3. The third kappa shape index (κ3) is 9.32. The number of ether oxygens (including phenoxy) is 4. The number of nitrogens with one attached hydrogen (secondary N) is 4. The van der Waals surface area contributed by atoms with E-state index >= 15 is 0 Å². The van der Waals surface area contributed by atoms with E-state index in [1.165, 1.54) is 14.2 Å². The molecular weight excluding hydrogens is 805 g/mol. The molecule has 0 saturated carbocycles. The molecular formula is C47H54N8O8. The molecule has 4 N–H and O–H groups in total. The van der Waals surface area contributed by atoms with Gasteiger partial charge in [-0.3, -0.25) is 9.59 Å². The van der Waals surface area contributed by atoms with Crippen molar-refractivity contribution in [3.63, 3.8) is 0 Å². The highest BCUT2D eigenvalue weighted by Crippen LogP contribution is 2.36. The quantitative estimate of drug-likeness (QED) is 0.0983. The minimum Gasteiger partial charge on any atom is -0.453 e. The number of carbonyl (C=O) groups is 4. The average Bonchev–Trinajstić information content (AvgIpc) is 4.14. The molecule has 4 atom stereocenters. The number of alkyl carbamates (subject to hydrolysis) is 2. The molecule has 8 rings (SSSR count). The number of aromatic nitrogens is 4. The number of hydrogen-bond acceptors (Lipinski definition) is 10. The molecule has 2 saturated heterocycles. The number of H-pyrrole nitrogens is 2. The molecule has 5 aromatic rings. The summed E-state index contributed by atoms with van der Waals surface area (Å²) in [5.74, 6) is -0.580. The summed E-state index contributed by atoms with van der Waals surface area (Å²) in [6.45, 7) is 7.26. The summed E-state index contributed by atoms with van der Waals surface area (Å²) in [7, 11) is 2.56. The van der Waals surface area contributed by atoms with Crippen LogP contribution in [-0.2, 0) is 35.1 Å². The van der Waals surface area contributed by atoms with E-state index in [-0.39, 0.29) is 42.8 Å². The van der Waals surface area contributed by atoms with Gasteiger partial charge < -0.3 is 49.3 Å². The van der Waals surface area contributed by atoms with Gasteiger partial charge in [-0.2, -0.15) is 0 Å². The molecule has 0 spiro atoms. The van der Waals surface area contributed by atoms with Crippen LogP contribution >= 0.6 is 0 Å². The number of hydrogen-bond donors (Lipinski definition) is 4. The van der Waals surface area contributed by atoms with Crippen LogP contribution in [0.4, 0.5) is 9.59 Å². The van der Waals surface area contributed by atoms with E-state index < -0.39 is 30.1 Å². The predicted octanol–water partition coefficient (Wildman–Crippen LogP) is 6.77. The van der Waals surface area contributed by atoms with Gasteiger partial charge in [-0.15, -0.1) is 0 Å². The summed E-state index contributed by atoms with van der Waals surface area (Å²) < 4.78 is 21.5. The number of fused-ring (bicyclic) bond motifs is 3. The number of rotatable bonds is 13. The Kier molecular flexibility index (Phi) is 12.6. The number of amides is 4.